The minimum atomic E-state index is -2.42. The highest BCUT2D eigenvalue weighted by Gasteiger charge is 2.53. The van der Waals surface area contributed by atoms with E-state index in [0.717, 1.165) is 5.56 Å². The van der Waals surface area contributed by atoms with Gasteiger partial charge >= 0.3 is 5.97 Å². The maximum absolute atomic E-state index is 13.9. The third kappa shape index (κ3) is 6.74. The summed E-state index contributed by atoms with van der Waals surface area (Å²) in [4.78, 5) is 26.5. The first-order valence-electron chi connectivity index (χ1n) is 13.2. The number of esters is 1. The van der Waals surface area contributed by atoms with Crippen LogP contribution >= 0.6 is 0 Å². The van der Waals surface area contributed by atoms with E-state index in [1.54, 1.807) is 18.2 Å². The van der Waals surface area contributed by atoms with Gasteiger partial charge in [-0.1, -0.05) is 82.0 Å². The topological polar surface area (TPSA) is 89.5 Å². The molecular weight excluding hydrogens is 516 g/mol. The maximum atomic E-state index is 13.9. The highest BCUT2D eigenvalue weighted by molar-refractivity contribution is 6.74. The molecule has 4 rings (SSSR count). The monoisotopic (exact) mass is 554 g/mol. The van der Waals surface area contributed by atoms with Gasteiger partial charge in [0.1, 0.15) is 12.7 Å². The summed E-state index contributed by atoms with van der Waals surface area (Å²) >= 11 is 0. The van der Waals surface area contributed by atoms with Gasteiger partial charge in [-0.3, -0.25) is 4.79 Å². The van der Waals surface area contributed by atoms with Crippen LogP contribution in [0.4, 0.5) is 0 Å². The van der Waals surface area contributed by atoms with Crippen molar-refractivity contribution in [2.75, 3.05) is 13.2 Å². The summed E-state index contributed by atoms with van der Waals surface area (Å²) < 4.78 is 36.3. The fourth-order valence-electron chi connectivity index (χ4n) is 4.18. The SMILES string of the molecule is C=CCOC(=O)c1ccccc1CO[C@H]1O[C@@H]2CO[C@@H](c3ccccc3)O[C@H]2C(=O)[C@@H]1O[Si](C)(C)C(C)(C)C. The van der Waals surface area contributed by atoms with E-state index in [4.69, 9.17) is 28.1 Å². The minimum Gasteiger partial charge on any atom is -0.458 e. The summed E-state index contributed by atoms with van der Waals surface area (Å²) in [6.07, 6.45) is -2.70. The number of carbonyl (C=O) groups excluding carboxylic acids is 2. The van der Waals surface area contributed by atoms with E-state index in [-0.39, 0.29) is 30.6 Å². The molecule has 2 saturated heterocycles. The van der Waals surface area contributed by atoms with Crippen molar-refractivity contribution < 1.29 is 37.7 Å². The molecule has 5 atom stereocenters. The van der Waals surface area contributed by atoms with E-state index in [9.17, 15) is 9.59 Å². The molecule has 2 aliphatic heterocycles. The molecule has 0 N–H and O–H groups in total. The molecule has 8 nitrogen and oxygen atoms in total. The molecule has 2 aromatic carbocycles. The van der Waals surface area contributed by atoms with Crippen molar-refractivity contribution in [1.82, 2.24) is 0 Å². The average molecular weight is 555 g/mol. The van der Waals surface area contributed by atoms with Gasteiger partial charge in [0.25, 0.3) is 0 Å². The van der Waals surface area contributed by atoms with Crippen LogP contribution in [0, 0.1) is 0 Å². The van der Waals surface area contributed by atoms with E-state index in [0.29, 0.717) is 11.1 Å². The Morgan fingerprint density at radius 2 is 1.77 bits per heavy atom. The summed E-state index contributed by atoms with van der Waals surface area (Å²) in [5.41, 5.74) is 1.80. The van der Waals surface area contributed by atoms with Crippen molar-refractivity contribution in [3.05, 3.63) is 83.9 Å². The summed E-state index contributed by atoms with van der Waals surface area (Å²) in [5.74, 6) is -0.714. The number of ketones is 1. The minimum absolute atomic E-state index is 0.0143. The van der Waals surface area contributed by atoms with Crippen molar-refractivity contribution in [3.63, 3.8) is 0 Å². The van der Waals surface area contributed by atoms with Gasteiger partial charge in [-0.15, -0.1) is 0 Å². The number of ether oxygens (including phenoxy) is 5. The average Bonchev–Trinajstić information content (AvgIpc) is 2.92. The van der Waals surface area contributed by atoms with E-state index in [1.807, 2.05) is 36.4 Å². The Bertz CT molecular complexity index is 1160. The second kappa shape index (κ2) is 12.2. The summed E-state index contributed by atoms with van der Waals surface area (Å²) in [6, 6.07) is 16.5. The highest BCUT2D eigenvalue weighted by Crippen LogP contribution is 2.40. The van der Waals surface area contributed by atoms with Gasteiger partial charge in [0, 0.05) is 5.56 Å². The van der Waals surface area contributed by atoms with E-state index in [1.165, 1.54) is 6.08 Å². The molecule has 0 bridgehead atoms. The van der Waals surface area contributed by atoms with Crippen LogP contribution in [0.15, 0.2) is 67.3 Å². The first-order chi connectivity index (χ1) is 18.5. The predicted molar refractivity (Wildman–Crippen MR) is 147 cm³/mol. The van der Waals surface area contributed by atoms with Gasteiger partial charge in [-0.05, 0) is 29.8 Å². The van der Waals surface area contributed by atoms with Gasteiger partial charge < -0.3 is 28.1 Å². The summed E-state index contributed by atoms with van der Waals surface area (Å²) in [6.45, 7) is 14.3. The molecule has 0 amide bonds. The second-order valence-electron chi connectivity index (χ2n) is 11.2. The zero-order valence-electron chi connectivity index (χ0n) is 23.3. The normalized spacial score (nSPS) is 25.6. The van der Waals surface area contributed by atoms with E-state index in [2.05, 4.69) is 40.4 Å². The Hall–Kier alpha value is -2.66. The van der Waals surface area contributed by atoms with Crippen LogP contribution in [0.2, 0.25) is 18.1 Å². The lowest BCUT2D eigenvalue weighted by molar-refractivity contribution is -0.317. The fraction of sp³-hybridized carbons (Fsp3) is 0.467. The van der Waals surface area contributed by atoms with Gasteiger partial charge in [0.05, 0.1) is 18.8 Å². The molecule has 2 aliphatic rings. The predicted octanol–water partition coefficient (Wildman–Crippen LogP) is 5.34. The standard InChI is InChI=1S/C30H38O8Si/c1-7-17-33-27(32)22-16-12-11-15-21(22)18-34-29-26(38-39(5,6)30(2,3)4)24(31)25-23(36-29)19-35-28(37-25)20-13-9-8-10-14-20/h7-16,23,25-26,28-29H,1,17-19H2,2-6H3/t23-,25-,26+,28-,29+/m1/s1. The Balaban J connectivity index is 1.56. The second-order valence-corrected chi connectivity index (χ2v) is 16.0. The zero-order valence-corrected chi connectivity index (χ0v) is 24.3. The zero-order chi connectivity index (χ0) is 28.2. The Morgan fingerprint density at radius 1 is 1.08 bits per heavy atom. The number of Topliss-reactive ketones (excluding diaryl/α,β-unsaturated/α-hetero) is 1. The van der Waals surface area contributed by atoms with Crippen LogP contribution in [0.5, 0.6) is 0 Å². The number of hydrogen-bond donors (Lipinski definition) is 0. The molecule has 9 heteroatoms. The Kier molecular flexibility index (Phi) is 9.20. The molecule has 0 saturated carbocycles. The lowest BCUT2D eigenvalue weighted by Gasteiger charge is -2.47. The van der Waals surface area contributed by atoms with Gasteiger partial charge in [0.2, 0.25) is 0 Å². The maximum Gasteiger partial charge on any atom is 0.338 e. The van der Waals surface area contributed by atoms with Crippen molar-refractivity contribution in [3.8, 4) is 0 Å². The van der Waals surface area contributed by atoms with Crippen LogP contribution < -0.4 is 0 Å². The summed E-state index contributed by atoms with van der Waals surface area (Å²) in [7, 11) is -2.42. The molecule has 210 valence electrons. The molecule has 2 fully saturated rings. The summed E-state index contributed by atoms with van der Waals surface area (Å²) in [5, 5.41) is -0.153. The molecule has 0 aromatic heterocycles. The first kappa shape index (κ1) is 29.3. The van der Waals surface area contributed by atoms with Gasteiger partial charge in [0.15, 0.2) is 38.9 Å². The third-order valence-electron chi connectivity index (χ3n) is 7.41. The van der Waals surface area contributed by atoms with Gasteiger partial charge in [-0.2, -0.15) is 0 Å². The largest absolute Gasteiger partial charge is 0.458 e. The highest BCUT2D eigenvalue weighted by atomic mass is 28.4. The van der Waals surface area contributed by atoms with Crippen LogP contribution in [-0.2, 0) is 39.5 Å². The Labute approximate surface area is 231 Å². The molecule has 0 radical (unpaired) electrons. The number of rotatable bonds is 9. The number of benzene rings is 2. The van der Waals surface area contributed by atoms with Gasteiger partial charge in [-0.25, -0.2) is 4.79 Å². The lowest BCUT2D eigenvalue weighted by atomic mass is 9.99. The molecule has 0 spiro atoms. The van der Waals surface area contributed by atoms with E-state index >= 15 is 0 Å². The Morgan fingerprint density at radius 3 is 2.46 bits per heavy atom. The molecule has 2 heterocycles. The van der Waals surface area contributed by atoms with Crippen molar-refractivity contribution in [2.24, 2.45) is 0 Å². The van der Waals surface area contributed by atoms with Crippen LogP contribution in [0.25, 0.3) is 0 Å². The molecule has 39 heavy (non-hydrogen) atoms. The van der Waals surface area contributed by atoms with Crippen molar-refractivity contribution in [1.29, 1.82) is 0 Å². The lowest BCUT2D eigenvalue weighted by Crippen LogP contribution is -2.63. The molecule has 0 unspecified atom stereocenters. The number of fused-ring (bicyclic) bond motifs is 1. The number of hydrogen-bond acceptors (Lipinski definition) is 8. The van der Waals surface area contributed by atoms with E-state index < -0.39 is 45.2 Å². The fourth-order valence-corrected chi connectivity index (χ4v) is 5.39. The quantitative estimate of drug-likeness (QED) is 0.233. The molecular formula is C30H38O8Si. The third-order valence-corrected chi connectivity index (χ3v) is 11.9. The number of carbonyl (C=O) groups is 2. The molecule has 0 aliphatic carbocycles. The van der Waals surface area contributed by atoms with Crippen molar-refractivity contribution in [2.45, 2.75) is 76.4 Å². The van der Waals surface area contributed by atoms with Crippen LogP contribution in [-0.4, -0.2) is 57.9 Å². The smallest absolute Gasteiger partial charge is 0.338 e. The molecule has 2 aromatic rings. The van der Waals surface area contributed by atoms with Crippen molar-refractivity contribution >= 4 is 20.1 Å². The first-order valence-corrected chi connectivity index (χ1v) is 16.1. The van der Waals surface area contributed by atoms with Crippen LogP contribution in [0.1, 0.15) is 48.5 Å². The van der Waals surface area contributed by atoms with Crippen LogP contribution in [0.3, 0.4) is 0 Å².